The molecule has 0 saturated carbocycles. The highest BCUT2D eigenvalue weighted by Gasteiger charge is 2.17. The number of rotatable bonds is 7. The molecule has 3 aromatic rings. The number of carbonyl (C=O) groups is 1. The Morgan fingerprint density at radius 1 is 0.929 bits per heavy atom. The Balaban J connectivity index is 1.70. The van der Waals surface area contributed by atoms with Crippen molar-refractivity contribution in [3.05, 3.63) is 95.7 Å². The molecular formula is C23H25N3O2. The number of ether oxygens (including phenoxy) is 1. The molecule has 1 aromatic heterocycles. The van der Waals surface area contributed by atoms with Crippen LogP contribution in [0.1, 0.15) is 36.6 Å². The molecule has 0 bridgehead atoms. The quantitative estimate of drug-likeness (QED) is 0.641. The third kappa shape index (κ3) is 5.33. The molecule has 144 valence electrons. The molecule has 0 atom stereocenters. The van der Waals surface area contributed by atoms with Crippen LogP contribution in [0.25, 0.3) is 0 Å². The first-order valence-electron chi connectivity index (χ1n) is 9.38. The summed E-state index contributed by atoms with van der Waals surface area (Å²) in [5, 5.41) is 5.98. The topological polar surface area (TPSA) is 63.2 Å². The van der Waals surface area contributed by atoms with Crippen LogP contribution in [-0.4, -0.2) is 17.1 Å². The zero-order valence-electron chi connectivity index (χ0n) is 16.1. The van der Waals surface area contributed by atoms with Crippen LogP contribution in [0.4, 0.5) is 4.79 Å². The van der Waals surface area contributed by atoms with Crippen LogP contribution >= 0.6 is 0 Å². The summed E-state index contributed by atoms with van der Waals surface area (Å²) >= 11 is 0. The fraction of sp³-hybridized carbons (Fsp3) is 0.217. The molecule has 0 spiro atoms. The number of benzene rings is 2. The number of amides is 2. The molecule has 0 radical (unpaired) electrons. The zero-order chi connectivity index (χ0) is 19.8. The van der Waals surface area contributed by atoms with Crippen molar-refractivity contribution in [1.82, 2.24) is 15.6 Å². The average molecular weight is 375 g/mol. The van der Waals surface area contributed by atoms with Gasteiger partial charge in [0.2, 0.25) is 5.88 Å². The summed E-state index contributed by atoms with van der Waals surface area (Å²) in [6, 6.07) is 23.1. The van der Waals surface area contributed by atoms with E-state index in [2.05, 4.69) is 15.6 Å². The summed E-state index contributed by atoms with van der Waals surface area (Å²) in [6.45, 7) is 4.23. The lowest BCUT2D eigenvalue weighted by Gasteiger charge is -2.20. The van der Waals surface area contributed by atoms with Gasteiger partial charge >= 0.3 is 6.03 Å². The van der Waals surface area contributed by atoms with E-state index in [1.807, 2.05) is 86.6 Å². The lowest BCUT2D eigenvalue weighted by Crippen LogP contribution is -2.38. The Bertz CT molecular complexity index is 843. The van der Waals surface area contributed by atoms with E-state index in [4.69, 9.17) is 4.74 Å². The molecule has 0 unspecified atom stereocenters. The van der Waals surface area contributed by atoms with Gasteiger partial charge in [-0.05, 0) is 31.0 Å². The zero-order valence-corrected chi connectivity index (χ0v) is 16.1. The number of urea groups is 1. The summed E-state index contributed by atoms with van der Waals surface area (Å²) in [7, 11) is 0. The Kier molecular flexibility index (Phi) is 6.63. The second-order valence-corrected chi connectivity index (χ2v) is 6.72. The maximum atomic E-state index is 12.6. The lowest BCUT2D eigenvalue weighted by atomic mass is 9.99. The Morgan fingerprint density at radius 3 is 2.11 bits per heavy atom. The number of hydrogen-bond donors (Lipinski definition) is 2. The van der Waals surface area contributed by atoms with Gasteiger partial charge in [0.05, 0.1) is 12.1 Å². The highest BCUT2D eigenvalue weighted by atomic mass is 16.5. The molecule has 0 fully saturated rings. The van der Waals surface area contributed by atoms with E-state index >= 15 is 0 Å². The van der Waals surface area contributed by atoms with Gasteiger partial charge in [0, 0.05) is 18.3 Å². The SMILES string of the molecule is CC(C)Oc1ncccc1CNC(=O)NC(c1ccccc1)c1ccccc1. The standard InChI is InChI=1S/C23H25N3O2/c1-17(2)28-22-20(14-9-15-24-22)16-25-23(27)26-21(18-10-5-3-6-11-18)19-12-7-4-8-13-19/h3-15,17,21H,16H2,1-2H3,(H2,25,26,27). The summed E-state index contributed by atoms with van der Waals surface area (Å²) in [6.07, 6.45) is 1.70. The van der Waals surface area contributed by atoms with Crippen molar-refractivity contribution in [2.75, 3.05) is 0 Å². The van der Waals surface area contributed by atoms with Gasteiger partial charge in [-0.3, -0.25) is 0 Å². The third-order valence-electron chi connectivity index (χ3n) is 4.18. The summed E-state index contributed by atoms with van der Waals surface area (Å²) in [4.78, 5) is 16.9. The Morgan fingerprint density at radius 2 is 1.54 bits per heavy atom. The van der Waals surface area contributed by atoms with Crippen LogP contribution in [0.15, 0.2) is 79.0 Å². The third-order valence-corrected chi connectivity index (χ3v) is 4.18. The van der Waals surface area contributed by atoms with E-state index in [0.29, 0.717) is 12.4 Å². The van der Waals surface area contributed by atoms with Crippen LogP contribution in [0.2, 0.25) is 0 Å². The number of nitrogens with one attached hydrogen (secondary N) is 2. The number of hydrogen-bond acceptors (Lipinski definition) is 3. The normalized spacial score (nSPS) is 10.7. The number of carbonyl (C=O) groups excluding carboxylic acids is 1. The van der Waals surface area contributed by atoms with E-state index in [1.54, 1.807) is 6.20 Å². The molecule has 3 rings (SSSR count). The van der Waals surface area contributed by atoms with Crippen LogP contribution in [0, 0.1) is 0 Å². The first-order chi connectivity index (χ1) is 13.6. The van der Waals surface area contributed by atoms with Crippen LogP contribution in [0.5, 0.6) is 5.88 Å². The Labute approximate surface area is 165 Å². The molecule has 5 nitrogen and oxygen atoms in total. The minimum absolute atomic E-state index is 0.0167. The minimum Gasteiger partial charge on any atom is -0.475 e. The van der Waals surface area contributed by atoms with Gasteiger partial charge in [0.25, 0.3) is 0 Å². The van der Waals surface area contributed by atoms with E-state index in [9.17, 15) is 4.79 Å². The minimum atomic E-state index is -0.253. The fourth-order valence-electron chi connectivity index (χ4n) is 2.90. The molecule has 28 heavy (non-hydrogen) atoms. The molecule has 0 aliphatic carbocycles. The Hall–Kier alpha value is -3.34. The predicted octanol–water partition coefficient (Wildman–Crippen LogP) is 4.46. The first kappa shape index (κ1) is 19.4. The van der Waals surface area contributed by atoms with Gasteiger partial charge < -0.3 is 15.4 Å². The maximum absolute atomic E-state index is 12.6. The van der Waals surface area contributed by atoms with Gasteiger partial charge in [-0.15, -0.1) is 0 Å². The van der Waals surface area contributed by atoms with E-state index < -0.39 is 0 Å². The second-order valence-electron chi connectivity index (χ2n) is 6.72. The molecule has 2 amide bonds. The van der Waals surface area contributed by atoms with Gasteiger partial charge in [-0.25, -0.2) is 9.78 Å². The first-order valence-corrected chi connectivity index (χ1v) is 9.38. The summed E-state index contributed by atoms with van der Waals surface area (Å²) in [5.41, 5.74) is 2.88. The van der Waals surface area contributed by atoms with Crippen molar-refractivity contribution in [2.45, 2.75) is 32.5 Å². The van der Waals surface area contributed by atoms with Crippen LogP contribution in [0.3, 0.4) is 0 Å². The van der Waals surface area contributed by atoms with E-state index in [-0.39, 0.29) is 18.2 Å². The van der Waals surface area contributed by atoms with Crippen molar-refractivity contribution in [1.29, 1.82) is 0 Å². The van der Waals surface area contributed by atoms with E-state index in [0.717, 1.165) is 16.7 Å². The largest absolute Gasteiger partial charge is 0.475 e. The fourth-order valence-corrected chi connectivity index (χ4v) is 2.90. The average Bonchev–Trinajstić information content (AvgIpc) is 2.72. The summed E-state index contributed by atoms with van der Waals surface area (Å²) < 4.78 is 5.71. The van der Waals surface area contributed by atoms with Gasteiger partial charge in [-0.1, -0.05) is 66.7 Å². The van der Waals surface area contributed by atoms with Gasteiger partial charge in [-0.2, -0.15) is 0 Å². The molecule has 0 aliphatic heterocycles. The highest BCUT2D eigenvalue weighted by Crippen LogP contribution is 2.21. The maximum Gasteiger partial charge on any atom is 0.315 e. The smallest absolute Gasteiger partial charge is 0.315 e. The van der Waals surface area contributed by atoms with Crippen molar-refractivity contribution in [3.63, 3.8) is 0 Å². The molecule has 0 aliphatic rings. The monoisotopic (exact) mass is 375 g/mol. The molecule has 1 heterocycles. The van der Waals surface area contributed by atoms with Crippen LogP contribution < -0.4 is 15.4 Å². The molecule has 2 aromatic carbocycles. The highest BCUT2D eigenvalue weighted by molar-refractivity contribution is 5.75. The van der Waals surface area contributed by atoms with Gasteiger partial charge in [0.15, 0.2) is 0 Å². The predicted molar refractivity (Wildman–Crippen MR) is 110 cm³/mol. The lowest BCUT2D eigenvalue weighted by molar-refractivity contribution is 0.228. The number of nitrogens with zero attached hydrogens (tertiary/aromatic N) is 1. The van der Waals surface area contributed by atoms with Crippen molar-refractivity contribution < 1.29 is 9.53 Å². The van der Waals surface area contributed by atoms with Gasteiger partial charge in [0.1, 0.15) is 0 Å². The summed E-state index contributed by atoms with van der Waals surface area (Å²) in [5.74, 6) is 0.542. The van der Waals surface area contributed by atoms with Crippen molar-refractivity contribution in [2.24, 2.45) is 0 Å². The molecule has 2 N–H and O–H groups in total. The second kappa shape index (κ2) is 9.55. The van der Waals surface area contributed by atoms with Crippen molar-refractivity contribution in [3.8, 4) is 5.88 Å². The van der Waals surface area contributed by atoms with Crippen LogP contribution in [-0.2, 0) is 6.54 Å². The molecule has 5 heteroatoms. The number of pyridine rings is 1. The molecular weight excluding hydrogens is 350 g/mol. The van der Waals surface area contributed by atoms with E-state index in [1.165, 1.54) is 0 Å². The van der Waals surface area contributed by atoms with Crippen molar-refractivity contribution >= 4 is 6.03 Å². The molecule has 0 saturated heterocycles. The number of aromatic nitrogens is 1.